The number of hydrogen-bond donors (Lipinski definition) is 2. The van der Waals surface area contributed by atoms with Crippen molar-refractivity contribution < 1.29 is 9.53 Å². The minimum Gasteiger partial charge on any atom is -0.384 e. The Kier molecular flexibility index (Phi) is 10.0. The molecule has 0 aromatic carbocycles. The normalized spacial score (nSPS) is 17.2. The summed E-state index contributed by atoms with van der Waals surface area (Å²) in [5.74, 6) is -0.122. The summed E-state index contributed by atoms with van der Waals surface area (Å²) in [7, 11) is 3.65. The Hall–Kier alpha value is -0.820. The van der Waals surface area contributed by atoms with E-state index in [-0.39, 0.29) is 42.1 Å². The number of nitrogens with zero attached hydrogens (tertiary/aromatic N) is 2. The van der Waals surface area contributed by atoms with Gasteiger partial charge in [-0.25, -0.2) is 0 Å². The van der Waals surface area contributed by atoms with E-state index in [0.29, 0.717) is 13.2 Å². The molecule has 0 spiro atoms. The van der Waals surface area contributed by atoms with Crippen LogP contribution in [0, 0.1) is 19.3 Å². The lowest BCUT2D eigenvalue weighted by molar-refractivity contribution is -0.123. The first-order valence-electron chi connectivity index (χ1n) is 8.38. The molecule has 0 radical (unpaired) electrons. The second kappa shape index (κ2) is 10.4. The second-order valence-electron chi connectivity index (χ2n) is 6.83. The van der Waals surface area contributed by atoms with Crippen LogP contribution < -0.4 is 10.6 Å². The highest BCUT2D eigenvalue weighted by molar-refractivity contribution is 5.85. The van der Waals surface area contributed by atoms with Gasteiger partial charge in [0.15, 0.2) is 0 Å². The number of methoxy groups -OCH3 is 1. The molecule has 8 heteroatoms. The molecule has 1 aromatic heterocycles. The van der Waals surface area contributed by atoms with Crippen LogP contribution >= 0.6 is 24.8 Å². The molecule has 146 valence electrons. The first-order valence-corrected chi connectivity index (χ1v) is 8.38. The van der Waals surface area contributed by atoms with Crippen LogP contribution in [-0.4, -0.2) is 49.0 Å². The third kappa shape index (κ3) is 5.58. The van der Waals surface area contributed by atoms with Crippen LogP contribution in [0.4, 0.5) is 0 Å². The Labute approximate surface area is 163 Å². The Balaban J connectivity index is 0.00000288. The van der Waals surface area contributed by atoms with Gasteiger partial charge >= 0.3 is 0 Å². The zero-order valence-electron chi connectivity index (χ0n) is 15.8. The Morgan fingerprint density at radius 3 is 2.44 bits per heavy atom. The number of rotatable bonds is 6. The molecule has 1 atom stereocenters. The van der Waals surface area contributed by atoms with Crippen molar-refractivity contribution in [1.82, 2.24) is 20.4 Å². The summed E-state index contributed by atoms with van der Waals surface area (Å²) in [4.78, 5) is 12.6. The van der Waals surface area contributed by atoms with Crippen molar-refractivity contribution in [3.8, 4) is 0 Å². The van der Waals surface area contributed by atoms with E-state index in [4.69, 9.17) is 4.74 Å². The fourth-order valence-corrected chi connectivity index (χ4v) is 3.61. The number of halogens is 2. The second-order valence-corrected chi connectivity index (χ2v) is 6.83. The highest BCUT2D eigenvalue weighted by Gasteiger charge is 2.33. The maximum atomic E-state index is 12.6. The number of carbonyl (C=O) groups is 1. The smallest absolute Gasteiger partial charge is 0.227 e. The van der Waals surface area contributed by atoms with Gasteiger partial charge in [-0.15, -0.1) is 24.8 Å². The molecule has 0 bridgehead atoms. The summed E-state index contributed by atoms with van der Waals surface area (Å²) in [6.45, 7) is 9.25. The van der Waals surface area contributed by atoms with E-state index in [1.54, 1.807) is 7.11 Å². The minimum absolute atomic E-state index is 0. The summed E-state index contributed by atoms with van der Waals surface area (Å²) >= 11 is 0. The molecule has 1 amide bonds. The van der Waals surface area contributed by atoms with Crippen molar-refractivity contribution in [2.45, 2.75) is 39.5 Å². The van der Waals surface area contributed by atoms with Gasteiger partial charge in [0.1, 0.15) is 0 Å². The molecular formula is C17H32Cl2N4O2. The van der Waals surface area contributed by atoms with Crippen LogP contribution in [0.1, 0.15) is 42.6 Å². The Morgan fingerprint density at radius 2 is 1.96 bits per heavy atom. The summed E-state index contributed by atoms with van der Waals surface area (Å²) in [5, 5.41) is 10.9. The van der Waals surface area contributed by atoms with Gasteiger partial charge in [-0.1, -0.05) is 0 Å². The molecule has 25 heavy (non-hydrogen) atoms. The molecule has 1 unspecified atom stereocenters. The average Bonchev–Trinajstić information content (AvgIpc) is 2.78. The molecule has 1 aliphatic rings. The molecule has 0 saturated carbocycles. The fourth-order valence-electron chi connectivity index (χ4n) is 3.61. The van der Waals surface area contributed by atoms with E-state index in [1.807, 2.05) is 32.5 Å². The van der Waals surface area contributed by atoms with E-state index in [9.17, 15) is 4.79 Å². The highest BCUT2D eigenvalue weighted by Crippen LogP contribution is 2.29. The lowest BCUT2D eigenvalue weighted by Crippen LogP contribution is -2.47. The minimum atomic E-state index is -0.190. The van der Waals surface area contributed by atoms with Crippen molar-refractivity contribution >= 4 is 30.7 Å². The number of carbonyl (C=O) groups excluding carboxylic acids is 1. The van der Waals surface area contributed by atoms with Crippen molar-refractivity contribution in [3.63, 3.8) is 0 Å². The Morgan fingerprint density at radius 1 is 1.36 bits per heavy atom. The van der Waals surface area contributed by atoms with E-state index < -0.39 is 0 Å². The fraction of sp³-hybridized carbons (Fsp3) is 0.765. The van der Waals surface area contributed by atoms with Crippen LogP contribution in [-0.2, 0) is 16.6 Å². The molecule has 1 aromatic rings. The molecular weight excluding hydrogens is 363 g/mol. The van der Waals surface area contributed by atoms with Crippen LogP contribution in [0.2, 0.25) is 0 Å². The van der Waals surface area contributed by atoms with Crippen molar-refractivity contribution in [1.29, 1.82) is 0 Å². The van der Waals surface area contributed by atoms with Crippen molar-refractivity contribution in [2.24, 2.45) is 12.5 Å². The van der Waals surface area contributed by atoms with Gasteiger partial charge in [0.05, 0.1) is 18.2 Å². The standard InChI is InChI=1S/C17H30N4O2.2ClH/c1-12(15-13(2)20-21(4)14(15)3)16(22)19-10-17(11-23-5)6-8-18-9-7-17;;/h12,18H,6-11H2,1-5H3,(H,19,22);2*1H. The molecule has 2 heterocycles. The summed E-state index contributed by atoms with van der Waals surface area (Å²) in [6.07, 6.45) is 2.06. The van der Waals surface area contributed by atoms with Gasteiger partial charge in [0.25, 0.3) is 0 Å². The monoisotopic (exact) mass is 394 g/mol. The third-order valence-electron chi connectivity index (χ3n) is 5.14. The maximum Gasteiger partial charge on any atom is 0.227 e. The third-order valence-corrected chi connectivity index (χ3v) is 5.14. The number of aromatic nitrogens is 2. The Bertz CT molecular complexity index is 552. The van der Waals surface area contributed by atoms with Crippen LogP contribution in [0.3, 0.4) is 0 Å². The number of nitrogens with one attached hydrogen (secondary N) is 2. The van der Waals surface area contributed by atoms with Crippen LogP contribution in [0.15, 0.2) is 0 Å². The molecule has 2 rings (SSSR count). The highest BCUT2D eigenvalue weighted by atomic mass is 35.5. The molecule has 0 aliphatic carbocycles. The van der Waals surface area contributed by atoms with Crippen LogP contribution in [0.25, 0.3) is 0 Å². The zero-order valence-corrected chi connectivity index (χ0v) is 17.5. The number of ether oxygens (including phenoxy) is 1. The number of aryl methyl sites for hydroxylation is 2. The first-order chi connectivity index (χ1) is 10.9. The number of hydrogen-bond acceptors (Lipinski definition) is 4. The van der Waals surface area contributed by atoms with E-state index in [0.717, 1.165) is 42.9 Å². The van der Waals surface area contributed by atoms with Gasteiger partial charge in [0, 0.05) is 37.4 Å². The summed E-state index contributed by atoms with van der Waals surface area (Å²) < 4.78 is 7.25. The van der Waals surface area contributed by atoms with Crippen LogP contribution in [0.5, 0.6) is 0 Å². The van der Waals surface area contributed by atoms with E-state index in [2.05, 4.69) is 15.7 Å². The lowest BCUT2D eigenvalue weighted by atomic mass is 9.79. The van der Waals surface area contributed by atoms with E-state index in [1.165, 1.54) is 0 Å². The van der Waals surface area contributed by atoms with E-state index >= 15 is 0 Å². The van der Waals surface area contributed by atoms with Gasteiger partial charge in [0.2, 0.25) is 5.91 Å². The van der Waals surface area contributed by atoms with Gasteiger partial charge in [-0.2, -0.15) is 5.10 Å². The van der Waals surface area contributed by atoms with Crippen molar-refractivity contribution in [2.75, 3.05) is 33.4 Å². The lowest BCUT2D eigenvalue weighted by Gasteiger charge is -2.37. The quantitative estimate of drug-likeness (QED) is 0.774. The number of piperidine rings is 1. The molecule has 2 N–H and O–H groups in total. The molecule has 1 aliphatic heterocycles. The van der Waals surface area contributed by atoms with Gasteiger partial charge < -0.3 is 15.4 Å². The molecule has 1 saturated heterocycles. The predicted molar refractivity (Wildman–Crippen MR) is 105 cm³/mol. The summed E-state index contributed by atoms with van der Waals surface area (Å²) in [6, 6.07) is 0. The summed E-state index contributed by atoms with van der Waals surface area (Å²) in [5.41, 5.74) is 3.07. The predicted octanol–water partition coefficient (Wildman–Crippen LogP) is 2.12. The molecule has 6 nitrogen and oxygen atoms in total. The first kappa shape index (κ1) is 24.2. The largest absolute Gasteiger partial charge is 0.384 e. The number of amides is 1. The topological polar surface area (TPSA) is 68.2 Å². The van der Waals surface area contributed by atoms with Gasteiger partial charge in [-0.05, 0) is 46.7 Å². The SMILES string of the molecule is COCC1(CNC(=O)C(C)c2c(C)nn(C)c2C)CCNCC1.Cl.Cl. The average molecular weight is 395 g/mol. The molecule has 1 fully saturated rings. The zero-order chi connectivity index (χ0) is 17.0. The van der Waals surface area contributed by atoms with Crippen molar-refractivity contribution in [3.05, 3.63) is 17.0 Å². The van der Waals surface area contributed by atoms with Gasteiger partial charge in [-0.3, -0.25) is 9.48 Å². The maximum absolute atomic E-state index is 12.6.